The van der Waals surface area contributed by atoms with Gasteiger partial charge in [-0.05, 0) is 112 Å². The molecule has 4 aromatic carbocycles. The molecule has 4 aliphatic heterocycles. The lowest BCUT2D eigenvalue weighted by Gasteiger charge is -2.38. The molecule has 2 N–H and O–H groups in total. The van der Waals surface area contributed by atoms with Gasteiger partial charge in [0, 0.05) is 61.5 Å². The van der Waals surface area contributed by atoms with Crippen molar-refractivity contribution in [1.82, 2.24) is 24.6 Å². The Balaban J connectivity index is 0.797. The fraction of sp³-hybridized carbons (Fsp3) is 0.353. The minimum atomic E-state index is -1.03. The molecule has 0 spiro atoms. The summed E-state index contributed by atoms with van der Waals surface area (Å²) in [7, 11) is 0. The lowest BCUT2D eigenvalue weighted by Crippen LogP contribution is -2.57. The maximum Gasteiger partial charge on any atom is 0.248 e. The van der Waals surface area contributed by atoms with Crippen LogP contribution in [0, 0.1) is 0 Å². The van der Waals surface area contributed by atoms with E-state index in [0.29, 0.717) is 93.3 Å². The van der Waals surface area contributed by atoms with Crippen molar-refractivity contribution in [3.05, 3.63) is 127 Å². The second-order valence-electron chi connectivity index (χ2n) is 18.0. The Bertz CT molecular complexity index is 2420. The van der Waals surface area contributed by atoms with E-state index in [1.165, 1.54) is 0 Å². The molecule has 1 aromatic heterocycles. The van der Waals surface area contributed by atoms with E-state index in [1.807, 2.05) is 86.6 Å². The van der Waals surface area contributed by atoms with Gasteiger partial charge >= 0.3 is 0 Å². The van der Waals surface area contributed by atoms with E-state index in [2.05, 4.69) is 15.6 Å². The normalized spacial score (nSPS) is 23.0. The zero-order chi connectivity index (χ0) is 45.3. The summed E-state index contributed by atoms with van der Waals surface area (Å²) in [5, 5.41) is 5.97. The Labute approximate surface area is 378 Å². The van der Waals surface area contributed by atoms with Crippen LogP contribution in [0.2, 0.25) is 0 Å². The molecule has 5 aromatic rings. The average molecular weight is 876 g/mol. The molecule has 2 unspecified atom stereocenters. The number of hydrogen-bond donors (Lipinski definition) is 2. The van der Waals surface area contributed by atoms with Gasteiger partial charge in [-0.1, -0.05) is 60.7 Å². The molecular weight excluding hydrogens is 823 g/mol. The number of nitrogens with zero attached hydrogens (tertiary/aromatic N) is 5. The maximum atomic E-state index is 14.1. The van der Waals surface area contributed by atoms with E-state index < -0.39 is 23.2 Å². The first-order valence-electron chi connectivity index (χ1n) is 22.5. The molecule has 65 heavy (non-hydrogen) atoms. The first-order valence-corrected chi connectivity index (χ1v) is 22.5. The third kappa shape index (κ3) is 8.52. The van der Waals surface area contributed by atoms with Gasteiger partial charge in [0.05, 0.1) is 6.20 Å². The summed E-state index contributed by atoms with van der Waals surface area (Å²) in [6.07, 6.45) is 5.46. The summed E-state index contributed by atoms with van der Waals surface area (Å²) in [6, 6.07) is 32.3. The van der Waals surface area contributed by atoms with Crippen LogP contribution in [0.5, 0.6) is 0 Å². The highest BCUT2D eigenvalue weighted by Crippen LogP contribution is 2.38. The van der Waals surface area contributed by atoms with Gasteiger partial charge in [-0.25, -0.2) is 4.98 Å². The van der Waals surface area contributed by atoms with Crippen LogP contribution < -0.4 is 10.6 Å². The van der Waals surface area contributed by atoms with Crippen molar-refractivity contribution in [1.29, 1.82) is 0 Å². The highest BCUT2D eigenvalue weighted by molar-refractivity contribution is 6.02. The predicted molar refractivity (Wildman–Crippen MR) is 243 cm³/mol. The Hall–Kier alpha value is -7.09. The van der Waals surface area contributed by atoms with Gasteiger partial charge in [-0.15, -0.1) is 0 Å². The number of oxazole rings is 1. The van der Waals surface area contributed by atoms with E-state index in [9.17, 15) is 28.8 Å². The van der Waals surface area contributed by atoms with Crippen molar-refractivity contribution >= 4 is 46.8 Å². The van der Waals surface area contributed by atoms with Crippen molar-refractivity contribution in [2.24, 2.45) is 0 Å². The van der Waals surface area contributed by atoms with E-state index in [1.54, 1.807) is 62.2 Å². The number of aromatic nitrogens is 1. The zero-order valence-electron chi connectivity index (χ0n) is 36.7. The Morgan fingerprint density at radius 1 is 0.615 bits per heavy atom. The molecule has 4 aliphatic rings. The molecule has 0 bridgehead atoms. The van der Waals surface area contributed by atoms with Crippen molar-refractivity contribution in [2.45, 2.75) is 101 Å². The number of anilines is 2. The first kappa shape index (κ1) is 43.2. The number of hydrogen-bond acceptors (Lipinski definition) is 8. The van der Waals surface area contributed by atoms with E-state index in [0.717, 1.165) is 16.7 Å². The van der Waals surface area contributed by atoms with E-state index in [4.69, 9.17) is 4.42 Å². The predicted octanol–water partition coefficient (Wildman–Crippen LogP) is 7.03. The molecular formula is C51H53N7O7. The van der Waals surface area contributed by atoms with Gasteiger partial charge < -0.3 is 34.7 Å². The minimum absolute atomic E-state index is 0.0627. The molecule has 14 heteroatoms. The number of likely N-dealkylation sites (tertiary alicyclic amines) is 4. The van der Waals surface area contributed by atoms with Gasteiger partial charge in [0.1, 0.15) is 23.2 Å². The molecule has 4 atom stereocenters. The monoisotopic (exact) mass is 875 g/mol. The Morgan fingerprint density at radius 3 is 1.49 bits per heavy atom. The summed E-state index contributed by atoms with van der Waals surface area (Å²) < 4.78 is 6.13. The summed E-state index contributed by atoms with van der Waals surface area (Å²) in [5.41, 5.74) is 2.41. The molecule has 14 nitrogen and oxygen atoms in total. The van der Waals surface area contributed by atoms with Crippen molar-refractivity contribution in [2.75, 3.05) is 23.7 Å². The topological polar surface area (TPSA) is 165 Å². The average Bonchev–Trinajstić information content (AvgIpc) is 4.19. The third-order valence-electron chi connectivity index (χ3n) is 13.7. The molecule has 0 saturated carbocycles. The number of carbonyl (C=O) groups is 6. The quantitative estimate of drug-likeness (QED) is 0.135. The fourth-order valence-electron chi connectivity index (χ4n) is 9.88. The smallest absolute Gasteiger partial charge is 0.248 e. The zero-order valence-corrected chi connectivity index (χ0v) is 36.7. The maximum absolute atomic E-state index is 14.1. The Kier molecular flexibility index (Phi) is 11.8. The number of carbonyl (C=O) groups excluding carboxylic acids is 6. The molecule has 334 valence electrons. The molecule has 5 heterocycles. The second-order valence-corrected chi connectivity index (χ2v) is 18.0. The largest absolute Gasteiger partial charge is 0.436 e. The van der Waals surface area contributed by atoms with Crippen LogP contribution >= 0.6 is 0 Å². The fourth-order valence-corrected chi connectivity index (χ4v) is 9.88. The minimum Gasteiger partial charge on any atom is -0.436 e. The molecule has 4 fully saturated rings. The molecule has 0 aliphatic carbocycles. The van der Waals surface area contributed by atoms with E-state index in [-0.39, 0.29) is 48.3 Å². The van der Waals surface area contributed by atoms with Crippen LogP contribution in [0.15, 0.2) is 120 Å². The molecule has 0 radical (unpaired) electrons. The third-order valence-corrected chi connectivity index (χ3v) is 13.7. The van der Waals surface area contributed by atoms with Crippen LogP contribution in [-0.2, 0) is 41.9 Å². The standard InChI is InChI=1S/C51H53N7O7/c1-50(27-25-43(59)57(50)32-34-11-5-3-6-12-34)48(63)55-29-9-15-40(55)45(61)53-38-21-17-36(18-22-38)42-31-52-47(65-42)37-19-23-39(24-20-37)54-46(62)41-16-10-30-56(41)49(64)51(2)28-26-44(60)58(51)33-35-13-7-4-8-14-35/h3-8,11-14,17-24,31,40-41H,9-10,15-16,25-30,32-33H2,1-2H3,(H,53,61)(H,54,62)/t40-,41-,50?,51?/m0/s1. The van der Waals surface area contributed by atoms with Gasteiger partial charge in [0.25, 0.3) is 0 Å². The lowest BCUT2D eigenvalue weighted by atomic mass is 9.95. The first-order chi connectivity index (χ1) is 31.4. The second kappa shape index (κ2) is 17.8. The van der Waals surface area contributed by atoms with Crippen LogP contribution in [0.4, 0.5) is 11.4 Å². The van der Waals surface area contributed by atoms with Gasteiger partial charge in [-0.2, -0.15) is 0 Å². The Morgan fingerprint density at radius 2 is 1.05 bits per heavy atom. The SMILES string of the molecule is CC1(C(=O)N2CCC[C@H]2C(=O)Nc2ccc(-c3cnc(-c4ccc(NC(=O)[C@@H]5CCCN5C(=O)C5(C)CCC(=O)N5Cc5ccccc5)cc4)o3)cc2)CCC(=O)N1Cc1ccccc1. The van der Waals surface area contributed by atoms with Gasteiger partial charge in [-0.3, -0.25) is 28.8 Å². The summed E-state index contributed by atoms with van der Waals surface area (Å²) in [5.74, 6) is -0.169. The van der Waals surface area contributed by atoms with Crippen LogP contribution in [0.25, 0.3) is 22.8 Å². The molecule has 4 saturated heterocycles. The van der Waals surface area contributed by atoms with Crippen LogP contribution in [0.1, 0.15) is 76.3 Å². The number of rotatable bonds is 12. The van der Waals surface area contributed by atoms with Crippen LogP contribution in [-0.4, -0.2) is 96.3 Å². The summed E-state index contributed by atoms with van der Waals surface area (Å²) in [4.78, 5) is 92.7. The highest BCUT2D eigenvalue weighted by Gasteiger charge is 2.53. The van der Waals surface area contributed by atoms with Crippen molar-refractivity contribution < 1.29 is 33.2 Å². The molecule has 9 rings (SSSR count). The lowest BCUT2D eigenvalue weighted by molar-refractivity contribution is -0.150. The summed E-state index contributed by atoms with van der Waals surface area (Å²) >= 11 is 0. The number of nitrogens with one attached hydrogen (secondary N) is 2. The number of amides is 6. The van der Waals surface area contributed by atoms with Gasteiger partial charge in [0.15, 0.2) is 5.76 Å². The van der Waals surface area contributed by atoms with Crippen LogP contribution in [0.3, 0.4) is 0 Å². The highest BCUT2D eigenvalue weighted by atomic mass is 16.4. The molecule has 6 amide bonds. The van der Waals surface area contributed by atoms with Crippen molar-refractivity contribution in [3.63, 3.8) is 0 Å². The summed E-state index contributed by atoms with van der Waals surface area (Å²) in [6.45, 7) is 5.21. The van der Waals surface area contributed by atoms with Crippen molar-refractivity contribution in [3.8, 4) is 22.8 Å². The number of benzene rings is 4. The van der Waals surface area contributed by atoms with Gasteiger partial charge in [0.2, 0.25) is 41.3 Å². The van der Waals surface area contributed by atoms with E-state index >= 15 is 0 Å².